The molecule has 0 unspecified atom stereocenters. The zero-order chi connectivity index (χ0) is 18.9. The second kappa shape index (κ2) is 7.22. The fraction of sp³-hybridized carbons (Fsp3) is 0.294. The molecule has 1 amide bonds. The lowest BCUT2D eigenvalue weighted by Gasteiger charge is -2.36. The van der Waals surface area contributed by atoms with E-state index in [0.29, 0.717) is 31.2 Å². The lowest BCUT2D eigenvalue weighted by atomic mass is 10.1. The monoisotopic (exact) mass is 394 g/mol. The number of halogens is 1. The summed E-state index contributed by atoms with van der Waals surface area (Å²) in [6, 6.07) is 6.40. The van der Waals surface area contributed by atoms with Crippen molar-refractivity contribution < 1.29 is 13.2 Å². The fourth-order valence-corrected chi connectivity index (χ4v) is 3.95. The van der Waals surface area contributed by atoms with Crippen LogP contribution in [0, 0.1) is 6.92 Å². The third-order valence-corrected chi connectivity index (χ3v) is 5.59. The summed E-state index contributed by atoms with van der Waals surface area (Å²) < 4.78 is 23.6. The maximum Gasteiger partial charge on any atom is 0.255 e. The Labute approximate surface area is 157 Å². The number of aromatic nitrogens is 1. The molecule has 2 N–H and O–H groups in total. The number of anilines is 1. The normalized spacial score (nSPS) is 15.2. The average molecular weight is 395 g/mol. The molecule has 0 spiro atoms. The first kappa shape index (κ1) is 18.6. The van der Waals surface area contributed by atoms with Crippen molar-refractivity contribution in [1.82, 2.24) is 9.88 Å². The van der Waals surface area contributed by atoms with Gasteiger partial charge in [-0.25, -0.2) is 13.6 Å². The first-order valence-electron chi connectivity index (χ1n) is 8.04. The molecule has 2 aromatic rings. The van der Waals surface area contributed by atoms with Crippen molar-refractivity contribution in [3.8, 4) is 0 Å². The molecule has 1 aliphatic rings. The van der Waals surface area contributed by atoms with Gasteiger partial charge in [-0.1, -0.05) is 23.2 Å². The Morgan fingerprint density at radius 1 is 1.19 bits per heavy atom. The van der Waals surface area contributed by atoms with Crippen molar-refractivity contribution >= 4 is 33.2 Å². The minimum atomic E-state index is -3.98. The first-order valence-corrected chi connectivity index (χ1v) is 9.97. The maximum atomic E-state index is 12.9. The van der Waals surface area contributed by atoms with Gasteiger partial charge in [0.05, 0.1) is 21.2 Å². The Bertz CT molecular complexity index is 941. The van der Waals surface area contributed by atoms with Gasteiger partial charge >= 0.3 is 0 Å². The van der Waals surface area contributed by atoms with Crippen LogP contribution >= 0.6 is 11.6 Å². The molecule has 1 aromatic carbocycles. The summed E-state index contributed by atoms with van der Waals surface area (Å²) in [7, 11) is -3.98. The topological polar surface area (TPSA) is 96.6 Å². The molecule has 26 heavy (non-hydrogen) atoms. The van der Waals surface area contributed by atoms with Crippen LogP contribution < -0.4 is 10.0 Å². The van der Waals surface area contributed by atoms with Crippen LogP contribution in [0.2, 0.25) is 5.02 Å². The van der Waals surface area contributed by atoms with Gasteiger partial charge in [-0.05, 0) is 25.1 Å². The molecule has 9 heteroatoms. The molecule has 0 aliphatic carbocycles. The van der Waals surface area contributed by atoms with E-state index in [1.165, 1.54) is 6.07 Å². The lowest BCUT2D eigenvalue weighted by Crippen LogP contribution is -2.49. The van der Waals surface area contributed by atoms with Gasteiger partial charge in [-0.2, -0.15) is 0 Å². The highest BCUT2D eigenvalue weighted by atomic mass is 35.5. The van der Waals surface area contributed by atoms with Gasteiger partial charge in [-0.3, -0.25) is 9.78 Å². The van der Waals surface area contributed by atoms with E-state index in [4.69, 9.17) is 16.7 Å². The highest BCUT2D eigenvalue weighted by Crippen LogP contribution is 2.26. The number of pyridine rings is 1. The van der Waals surface area contributed by atoms with E-state index in [0.717, 1.165) is 11.3 Å². The summed E-state index contributed by atoms with van der Waals surface area (Å²) in [4.78, 5) is 20.4. The number of rotatable bonds is 3. The molecule has 0 saturated carbocycles. The quantitative estimate of drug-likeness (QED) is 0.853. The number of nitrogens with two attached hydrogens (primary N) is 1. The predicted molar refractivity (Wildman–Crippen MR) is 99.9 cm³/mol. The molecule has 1 fully saturated rings. The van der Waals surface area contributed by atoms with Crippen LogP contribution in [-0.4, -0.2) is 50.4 Å². The molecular formula is C17H19ClN4O3S. The molecular weight excluding hydrogens is 376 g/mol. The van der Waals surface area contributed by atoms with Crippen molar-refractivity contribution in [2.75, 3.05) is 31.1 Å². The largest absolute Gasteiger partial charge is 0.367 e. The molecule has 138 valence electrons. The molecule has 1 saturated heterocycles. The molecule has 0 radical (unpaired) electrons. The molecule has 0 atom stereocenters. The van der Waals surface area contributed by atoms with Crippen LogP contribution in [0.3, 0.4) is 0 Å². The summed E-state index contributed by atoms with van der Waals surface area (Å²) in [6.07, 6.45) is 3.25. The van der Waals surface area contributed by atoms with Gasteiger partial charge in [0.2, 0.25) is 10.0 Å². The zero-order valence-corrected chi connectivity index (χ0v) is 15.8. The highest BCUT2D eigenvalue weighted by molar-refractivity contribution is 7.89. The number of carbonyl (C=O) groups is 1. The summed E-state index contributed by atoms with van der Waals surface area (Å²) in [5.74, 6) is -0.335. The van der Waals surface area contributed by atoms with E-state index >= 15 is 0 Å². The van der Waals surface area contributed by atoms with Crippen molar-refractivity contribution in [2.24, 2.45) is 5.14 Å². The summed E-state index contributed by atoms with van der Waals surface area (Å²) in [5, 5.41) is 5.82. The number of sulfonamides is 1. The van der Waals surface area contributed by atoms with E-state index in [-0.39, 0.29) is 16.4 Å². The summed E-state index contributed by atoms with van der Waals surface area (Å²) in [6.45, 7) is 3.88. The van der Waals surface area contributed by atoms with Crippen LogP contribution in [0.5, 0.6) is 0 Å². The predicted octanol–water partition coefficient (Wildman–Crippen LogP) is 1.65. The second-order valence-corrected chi connectivity index (χ2v) is 8.09. The number of carbonyl (C=O) groups excluding carboxylic acids is 1. The van der Waals surface area contributed by atoms with Gasteiger partial charge < -0.3 is 9.80 Å². The third-order valence-electron chi connectivity index (χ3n) is 4.33. The van der Waals surface area contributed by atoms with E-state index < -0.39 is 10.0 Å². The number of amides is 1. The smallest absolute Gasteiger partial charge is 0.255 e. The molecule has 1 aromatic heterocycles. The van der Waals surface area contributed by atoms with Crippen LogP contribution in [0.1, 0.15) is 15.9 Å². The average Bonchev–Trinajstić information content (AvgIpc) is 2.60. The van der Waals surface area contributed by atoms with Crippen LogP contribution in [0.4, 0.5) is 5.69 Å². The number of nitrogens with zero attached hydrogens (tertiary/aromatic N) is 3. The SMILES string of the molecule is Cc1ccc(S(N)(=O)=O)c(C(=O)N2CCN(c3ccncc3Cl)CC2)c1. The second-order valence-electron chi connectivity index (χ2n) is 6.15. The van der Waals surface area contributed by atoms with E-state index in [1.54, 1.807) is 36.4 Å². The maximum absolute atomic E-state index is 12.9. The fourth-order valence-electron chi connectivity index (χ4n) is 3.00. The zero-order valence-electron chi connectivity index (χ0n) is 14.2. The Morgan fingerprint density at radius 2 is 1.88 bits per heavy atom. The molecule has 2 heterocycles. The molecule has 3 rings (SSSR count). The molecule has 0 bridgehead atoms. The van der Waals surface area contributed by atoms with Gasteiger partial charge in [0.1, 0.15) is 0 Å². The number of benzene rings is 1. The van der Waals surface area contributed by atoms with Crippen molar-refractivity contribution in [3.05, 3.63) is 52.8 Å². The van der Waals surface area contributed by atoms with Crippen LogP contribution in [-0.2, 0) is 10.0 Å². The van der Waals surface area contributed by atoms with Crippen molar-refractivity contribution in [3.63, 3.8) is 0 Å². The minimum Gasteiger partial charge on any atom is -0.367 e. The van der Waals surface area contributed by atoms with Gasteiger partial charge in [0.15, 0.2) is 0 Å². The summed E-state index contributed by atoms with van der Waals surface area (Å²) in [5.41, 5.74) is 1.78. The number of piperazine rings is 1. The number of primary sulfonamides is 1. The standard InChI is InChI=1S/C17H19ClN4O3S/c1-12-2-3-16(26(19,24)25)13(10-12)17(23)22-8-6-21(7-9-22)15-4-5-20-11-14(15)18/h2-5,10-11H,6-9H2,1H3,(H2,19,24,25). The van der Waals surface area contributed by atoms with Gasteiger partial charge in [0, 0.05) is 38.6 Å². The number of hydrogen-bond acceptors (Lipinski definition) is 5. The van der Waals surface area contributed by atoms with Crippen molar-refractivity contribution in [2.45, 2.75) is 11.8 Å². The van der Waals surface area contributed by atoms with Crippen molar-refractivity contribution in [1.29, 1.82) is 0 Å². The number of hydrogen-bond donors (Lipinski definition) is 1. The summed E-state index contributed by atoms with van der Waals surface area (Å²) >= 11 is 6.18. The molecule has 7 nitrogen and oxygen atoms in total. The minimum absolute atomic E-state index is 0.114. The van der Waals surface area contributed by atoms with Gasteiger partial charge in [-0.15, -0.1) is 0 Å². The van der Waals surface area contributed by atoms with E-state index in [2.05, 4.69) is 9.88 Å². The Morgan fingerprint density at radius 3 is 2.50 bits per heavy atom. The number of aryl methyl sites for hydroxylation is 1. The van der Waals surface area contributed by atoms with Crippen LogP contribution in [0.25, 0.3) is 0 Å². The third kappa shape index (κ3) is 3.82. The Kier molecular flexibility index (Phi) is 5.17. The Balaban J connectivity index is 1.80. The lowest BCUT2D eigenvalue weighted by molar-refractivity contribution is 0.0743. The van der Waals surface area contributed by atoms with E-state index in [1.807, 2.05) is 6.07 Å². The highest BCUT2D eigenvalue weighted by Gasteiger charge is 2.27. The van der Waals surface area contributed by atoms with Crippen LogP contribution in [0.15, 0.2) is 41.6 Å². The van der Waals surface area contributed by atoms with Gasteiger partial charge in [0.25, 0.3) is 5.91 Å². The first-order chi connectivity index (χ1) is 12.3. The van der Waals surface area contributed by atoms with E-state index in [9.17, 15) is 13.2 Å². The molecule has 1 aliphatic heterocycles. The Hall–Kier alpha value is -2.16.